The van der Waals surface area contributed by atoms with Gasteiger partial charge in [-0.05, 0) is 19.1 Å². The molecule has 0 spiro atoms. The highest BCUT2D eigenvalue weighted by atomic mass is 16.2. The van der Waals surface area contributed by atoms with Crippen LogP contribution < -0.4 is 5.01 Å². The molecule has 0 aliphatic carbocycles. The first-order valence-electron chi connectivity index (χ1n) is 5.22. The molecule has 15 heavy (non-hydrogen) atoms. The summed E-state index contributed by atoms with van der Waals surface area (Å²) in [5.41, 5.74) is 2.06. The van der Waals surface area contributed by atoms with Crippen molar-refractivity contribution in [2.45, 2.75) is 20.3 Å². The van der Waals surface area contributed by atoms with Gasteiger partial charge in [0.1, 0.15) is 12.1 Å². The van der Waals surface area contributed by atoms with Crippen LogP contribution in [0.15, 0.2) is 30.3 Å². The highest BCUT2D eigenvalue weighted by Gasteiger charge is 2.35. The van der Waals surface area contributed by atoms with Gasteiger partial charge in [-0.2, -0.15) is 0 Å². The standard InChI is InChI=1S/C12H15N2O/c1-3-13-10(2)9-12(15)14(13)11-7-5-4-6-8-11/h4-8H,3,9H2,1-2H3/q+1. The minimum absolute atomic E-state index is 0.153. The maximum atomic E-state index is 11.8. The van der Waals surface area contributed by atoms with Crippen molar-refractivity contribution in [2.75, 3.05) is 11.6 Å². The number of para-hydroxylation sites is 1. The number of amides is 1. The van der Waals surface area contributed by atoms with Crippen molar-refractivity contribution < 1.29 is 9.48 Å². The van der Waals surface area contributed by atoms with Gasteiger partial charge in [-0.15, -0.1) is 4.68 Å². The summed E-state index contributed by atoms with van der Waals surface area (Å²) >= 11 is 0. The summed E-state index contributed by atoms with van der Waals surface area (Å²) in [5, 5.41) is 1.76. The number of hydrazone groups is 1. The number of carbonyl (C=O) groups excluding carboxylic acids is 1. The van der Waals surface area contributed by atoms with E-state index in [-0.39, 0.29) is 5.91 Å². The second kappa shape index (κ2) is 3.85. The average Bonchev–Trinajstić information content (AvgIpc) is 2.54. The number of carbonyl (C=O) groups is 1. The maximum absolute atomic E-state index is 11.8. The van der Waals surface area contributed by atoms with Crippen molar-refractivity contribution >= 4 is 17.3 Å². The average molecular weight is 203 g/mol. The van der Waals surface area contributed by atoms with Gasteiger partial charge < -0.3 is 0 Å². The molecule has 0 saturated carbocycles. The molecule has 3 heteroatoms. The number of benzene rings is 1. The third-order valence-electron chi connectivity index (χ3n) is 2.63. The first-order chi connectivity index (χ1) is 7.24. The molecule has 0 radical (unpaired) electrons. The Hall–Kier alpha value is -1.64. The normalized spacial score (nSPS) is 16.4. The van der Waals surface area contributed by atoms with E-state index in [4.69, 9.17) is 0 Å². The van der Waals surface area contributed by atoms with Crippen LogP contribution in [0.5, 0.6) is 0 Å². The summed E-state index contributed by atoms with van der Waals surface area (Å²) in [6.45, 7) is 4.88. The summed E-state index contributed by atoms with van der Waals surface area (Å²) < 4.78 is 2.03. The van der Waals surface area contributed by atoms with E-state index in [9.17, 15) is 4.79 Å². The van der Waals surface area contributed by atoms with E-state index in [2.05, 4.69) is 6.92 Å². The lowest BCUT2D eigenvalue weighted by Crippen LogP contribution is -2.35. The fourth-order valence-corrected chi connectivity index (χ4v) is 1.95. The molecule has 78 valence electrons. The highest BCUT2D eigenvalue weighted by Crippen LogP contribution is 2.19. The van der Waals surface area contributed by atoms with Gasteiger partial charge in [0.2, 0.25) is 0 Å². The lowest BCUT2D eigenvalue weighted by atomic mass is 10.3. The second-order valence-electron chi connectivity index (χ2n) is 3.67. The smallest absolute Gasteiger partial charge is 0.268 e. The lowest BCUT2D eigenvalue weighted by Gasteiger charge is -2.12. The summed E-state index contributed by atoms with van der Waals surface area (Å²) in [5.74, 6) is 0.153. The van der Waals surface area contributed by atoms with Crippen LogP contribution in [0.3, 0.4) is 0 Å². The minimum Gasteiger partial charge on any atom is -0.268 e. The van der Waals surface area contributed by atoms with Crippen LogP contribution >= 0.6 is 0 Å². The Morgan fingerprint density at radius 3 is 2.60 bits per heavy atom. The summed E-state index contributed by atoms with van der Waals surface area (Å²) in [6.07, 6.45) is 0.530. The second-order valence-corrected chi connectivity index (χ2v) is 3.67. The van der Waals surface area contributed by atoms with E-state index in [1.54, 1.807) is 5.01 Å². The Bertz CT molecular complexity index is 409. The molecule has 0 aromatic heterocycles. The van der Waals surface area contributed by atoms with Crippen molar-refractivity contribution in [1.82, 2.24) is 0 Å². The van der Waals surface area contributed by atoms with Gasteiger partial charge in [-0.25, -0.2) is 0 Å². The van der Waals surface area contributed by atoms with Gasteiger partial charge in [0.05, 0.1) is 0 Å². The minimum atomic E-state index is 0.153. The van der Waals surface area contributed by atoms with E-state index >= 15 is 0 Å². The Morgan fingerprint density at radius 2 is 2.00 bits per heavy atom. The van der Waals surface area contributed by atoms with Crippen molar-refractivity contribution in [3.05, 3.63) is 30.3 Å². The molecule has 3 nitrogen and oxygen atoms in total. The topological polar surface area (TPSA) is 23.3 Å². The maximum Gasteiger partial charge on any atom is 0.293 e. The van der Waals surface area contributed by atoms with Crippen LogP contribution in [0.1, 0.15) is 20.3 Å². The molecule has 1 aliphatic heterocycles. The first kappa shape index (κ1) is 9.90. The lowest BCUT2D eigenvalue weighted by molar-refractivity contribution is -0.522. The highest BCUT2D eigenvalue weighted by molar-refractivity contribution is 6.07. The Labute approximate surface area is 89.6 Å². The molecule has 0 bridgehead atoms. The SMILES string of the molecule is CC[N+]1=C(C)CC(=O)N1c1ccccc1. The van der Waals surface area contributed by atoms with Crippen LogP contribution in [0.25, 0.3) is 0 Å². The van der Waals surface area contributed by atoms with Gasteiger partial charge in [0.25, 0.3) is 5.91 Å². The quantitative estimate of drug-likeness (QED) is 0.673. The fourth-order valence-electron chi connectivity index (χ4n) is 1.95. The molecule has 1 heterocycles. The molecular weight excluding hydrogens is 188 g/mol. The predicted molar refractivity (Wildman–Crippen MR) is 60.0 cm³/mol. The van der Waals surface area contributed by atoms with Crippen molar-refractivity contribution in [3.63, 3.8) is 0 Å². The van der Waals surface area contributed by atoms with E-state index in [1.807, 2.05) is 41.9 Å². The molecule has 0 saturated heterocycles. The van der Waals surface area contributed by atoms with Crippen LogP contribution in [0.2, 0.25) is 0 Å². The van der Waals surface area contributed by atoms with Gasteiger partial charge in [0, 0.05) is 6.92 Å². The molecule has 0 N–H and O–H groups in total. The predicted octanol–water partition coefficient (Wildman–Crippen LogP) is 1.83. The molecule has 0 atom stereocenters. The summed E-state index contributed by atoms with van der Waals surface area (Å²) in [4.78, 5) is 11.8. The first-order valence-corrected chi connectivity index (χ1v) is 5.22. The number of rotatable bonds is 2. The Kier molecular flexibility index (Phi) is 2.54. The monoisotopic (exact) mass is 203 g/mol. The number of hydrogen-bond acceptors (Lipinski definition) is 1. The molecule has 2 rings (SSSR count). The third kappa shape index (κ3) is 1.65. The largest absolute Gasteiger partial charge is 0.293 e. The molecule has 1 aromatic rings. The van der Waals surface area contributed by atoms with E-state index < -0.39 is 0 Å². The molecule has 0 fully saturated rings. The molecule has 0 unspecified atom stereocenters. The Balaban J connectivity index is 2.41. The number of hydrazine groups is 1. The van der Waals surface area contributed by atoms with Gasteiger partial charge in [-0.1, -0.05) is 23.2 Å². The van der Waals surface area contributed by atoms with E-state index in [0.717, 1.165) is 17.9 Å². The summed E-state index contributed by atoms with van der Waals surface area (Å²) in [6, 6.07) is 9.77. The molecule has 1 aliphatic rings. The number of anilines is 1. The van der Waals surface area contributed by atoms with Crippen molar-refractivity contribution in [2.24, 2.45) is 0 Å². The van der Waals surface area contributed by atoms with Crippen LogP contribution in [-0.2, 0) is 4.79 Å². The molecule has 1 aromatic carbocycles. The van der Waals surface area contributed by atoms with Gasteiger partial charge in [-0.3, -0.25) is 4.79 Å². The van der Waals surface area contributed by atoms with E-state index in [1.165, 1.54) is 0 Å². The van der Waals surface area contributed by atoms with Crippen molar-refractivity contribution in [3.8, 4) is 0 Å². The zero-order chi connectivity index (χ0) is 10.8. The zero-order valence-corrected chi connectivity index (χ0v) is 9.10. The number of hydrogen-bond donors (Lipinski definition) is 0. The summed E-state index contributed by atoms with van der Waals surface area (Å²) in [7, 11) is 0. The van der Waals surface area contributed by atoms with Crippen molar-refractivity contribution in [1.29, 1.82) is 0 Å². The third-order valence-corrected chi connectivity index (χ3v) is 2.63. The zero-order valence-electron chi connectivity index (χ0n) is 9.10. The Morgan fingerprint density at radius 1 is 1.33 bits per heavy atom. The fraction of sp³-hybridized carbons (Fsp3) is 0.333. The van der Waals surface area contributed by atoms with Crippen LogP contribution in [0, 0.1) is 0 Å². The molecular formula is C12H15N2O+. The van der Waals surface area contributed by atoms with Gasteiger partial charge >= 0.3 is 0 Å². The van der Waals surface area contributed by atoms with Crippen LogP contribution in [-0.4, -0.2) is 22.8 Å². The van der Waals surface area contributed by atoms with Crippen LogP contribution in [0.4, 0.5) is 5.69 Å². The number of nitrogens with zero attached hydrogens (tertiary/aromatic N) is 2. The van der Waals surface area contributed by atoms with Gasteiger partial charge in [0.15, 0.2) is 12.3 Å². The van der Waals surface area contributed by atoms with E-state index in [0.29, 0.717) is 6.42 Å². The molecule has 1 amide bonds.